The fourth-order valence-corrected chi connectivity index (χ4v) is 6.89. The van der Waals surface area contributed by atoms with Gasteiger partial charge in [0.2, 0.25) is 0 Å². The number of ether oxygens (including phenoxy) is 1. The van der Waals surface area contributed by atoms with Crippen molar-refractivity contribution in [1.29, 1.82) is 0 Å². The summed E-state index contributed by atoms with van der Waals surface area (Å²) in [6, 6.07) is 18.0. The number of likely N-dealkylation sites (N-methyl/N-ethyl adjacent to an activating group) is 1. The summed E-state index contributed by atoms with van der Waals surface area (Å²) in [5, 5.41) is 14.0. The maximum Gasteiger partial charge on any atom is 0.258 e. The van der Waals surface area contributed by atoms with Crippen LogP contribution in [-0.2, 0) is 6.54 Å². The molecule has 2 aromatic carbocycles. The summed E-state index contributed by atoms with van der Waals surface area (Å²) in [5.41, 5.74) is 7.32. The Bertz CT molecular complexity index is 2060. The lowest BCUT2D eigenvalue weighted by Crippen LogP contribution is -2.44. The van der Waals surface area contributed by atoms with Gasteiger partial charge in [0.05, 0.1) is 57.7 Å². The van der Waals surface area contributed by atoms with Crippen molar-refractivity contribution in [2.24, 2.45) is 0 Å². The Hall–Kier alpha value is -5.07. The van der Waals surface area contributed by atoms with Crippen LogP contribution in [0.1, 0.15) is 27.4 Å². The van der Waals surface area contributed by atoms with E-state index in [-0.39, 0.29) is 5.91 Å². The van der Waals surface area contributed by atoms with E-state index in [0.29, 0.717) is 29.1 Å². The molecule has 1 fully saturated rings. The van der Waals surface area contributed by atoms with Gasteiger partial charge in [0.25, 0.3) is 5.91 Å². The number of hydrogen-bond acceptors (Lipinski definition) is 10. The SMILES string of the molecule is COc1cc(N2CCN(C)CC2)ccc1Nc1ncnc2c(C(=O)Nc3cccc4c3c(C)nn4Cc3cccc(C)n3)csc12. The first-order valence-corrected chi connectivity index (χ1v) is 16.1. The van der Waals surface area contributed by atoms with E-state index in [1.807, 2.05) is 66.4 Å². The Morgan fingerprint density at radius 3 is 2.63 bits per heavy atom. The van der Waals surface area contributed by atoms with Crippen molar-refractivity contribution in [2.75, 3.05) is 55.9 Å². The zero-order chi connectivity index (χ0) is 31.8. The van der Waals surface area contributed by atoms with E-state index in [0.717, 1.165) is 76.0 Å². The van der Waals surface area contributed by atoms with Crippen LogP contribution in [0.4, 0.5) is 22.9 Å². The fourth-order valence-electron chi connectivity index (χ4n) is 5.95. The molecule has 234 valence electrons. The van der Waals surface area contributed by atoms with Crippen LogP contribution >= 0.6 is 11.3 Å². The number of nitrogens with zero attached hydrogens (tertiary/aromatic N) is 7. The number of pyridine rings is 1. The van der Waals surface area contributed by atoms with Crippen molar-refractivity contribution in [2.45, 2.75) is 20.4 Å². The van der Waals surface area contributed by atoms with Crippen molar-refractivity contribution in [1.82, 2.24) is 29.6 Å². The van der Waals surface area contributed by atoms with Crippen LogP contribution in [0.3, 0.4) is 0 Å². The molecule has 1 saturated heterocycles. The summed E-state index contributed by atoms with van der Waals surface area (Å²) in [5.74, 6) is 1.09. The summed E-state index contributed by atoms with van der Waals surface area (Å²) in [6.07, 6.45) is 1.48. The molecule has 0 unspecified atom stereocenters. The van der Waals surface area contributed by atoms with Gasteiger partial charge in [-0.1, -0.05) is 12.1 Å². The third-order valence-corrected chi connectivity index (χ3v) is 9.34. The molecule has 4 aromatic heterocycles. The van der Waals surface area contributed by atoms with Gasteiger partial charge >= 0.3 is 0 Å². The van der Waals surface area contributed by atoms with Crippen LogP contribution in [0, 0.1) is 13.8 Å². The third-order valence-electron chi connectivity index (χ3n) is 8.36. The van der Waals surface area contributed by atoms with Gasteiger partial charge in [-0.25, -0.2) is 9.97 Å². The highest BCUT2D eigenvalue weighted by atomic mass is 32.1. The fraction of sp³-hybridized carbons (Fsp3) is 0.265. The lowest BCUT2D eigenvalue weighted by atomic mass is 10.1. The van der Waals surface area contributed by atoms with E-state index in [1.54, 1.807) is 7.11 Å². The molecular weight excluding hydrogens is 599 g/mol. The second-order valence-electron chi connectivity index (χ2n) is 11.5. The average molecular weight is 634 g/mol. The maximum absolute atomic E-state index is 13.7. The van der Waals surface area contributed by atoms with Crippen molar-refractivity contribution in [3.05, 3.63) is 88.9 Å². The number of rotatable bonds is 8. The minimum Gasteiger partial charge on any atom is -0.494 e. The largest absolute Gasteiger partial charge is 0.494 e. The monoisotopic (exact) mass is 633 g/mol. The molecule has 46 heavy (non-hydrogen) atoms. The number of aryl methyl sites for hydroxylation is 2. The molecule has 0 saturated carbocycles. The molecule has 2 N–H and O–H groups in total. The van der Waals surface area contributed by atoms with Gasteiger partial charge in [-0.05, 0) is 57.3 Å². The molecule has 11 nitrogen and oxygen atoms in total. The number of amides is 1. The molecule has 12 heteroatoms. The Labute approximate surface area is 270 Å². The number of piperazine rings is 1. The number of aromatic nitrogens is 5. The number of anilines is 4. The molecule has 1 amide bonds. The average Bonchev–Trinajstić information content (AvgIpc) is 3.64. The number of carbonyl (C=O) groups excluding carboxylic acids is 1. The zero-order valence-electron chi connectivity index (χ0n) is 26.2. The quantitative estimate of drug-likeness (QED) is 0.213. The van der Waals surface area contributed by atoms with Crippen LogP contribution in [0.25, 0.3) is 21.1 Å². The van der Waals surface area contributed by atoms with E-state index in [2.05, 4.69) is 54.6 Å². The van der Waals surface area contributed by atoms with Gasteiger partial charge in [0.1, 0.15) is 12.1 Å². The first kappa shape index (κ1) is 29.6. The number of carbonyl (C=O) groups is 1. The number of nitrogens with one attached hydrogen (secondary N) is 2. The van der Waals surface area contributed by atoms with Crippen LogP contribution < -0.4 is 20.3 Å². The number of benzene rings is 2. The summed E-state index contributed by atoms with van der Waals surface area (Å²) in [4.78, 5) is 32.1. The van der Waals surface area contributed by atoms with Crippen LogP contribution in [0.2, 0.25) is 0 Å². The van der Waals surface area contributed by atoms with Gasteiger partial charge in [-0.2, -0.15) is 5.10 Å². The molecule has 0 atom stereocenters. The van der Waals surface area contributed by atoms with Gasteiger partial charge in [0, 0.05) is 54.4 Å². The third kappa shape index (κ3) is 5.72. The number of thiophene rings is 1. The summed E-state index contributed by atoms with van der Waals surface area (Å²) >= 11 is 1.43. The van der Waals surface area contributed by atoms with Gasteiger partial charge in [-0.3, -0.25) is 14.5 Å². The van der Waals surface area contributed by atoms with E-state index < -0.39 is 0 Å². The van der Waals surface area contributed by atoms with Crippen LogP contribution in [0.5, 0.6) is 5.75 Å². The molecule has 1 aliphatic heterocycles. The predicted molar refractivity (Wildman–Crippen MR) is 184 cm³/mol. The Morgan fingerprint density at radius 2 is 1.83 bits per heavy atom. The lowest BCUT2D eigenvalue weighted by molar-refractivity contribution is 0.102. The summed E-state index contributed by atoms with van der Waals surface area (Å²) < 4.78 is 8.48. The topological polar surface area (TPSA) is 113 Å². The molecule has 5 heterocycles. The van der Waals surface area contributed by atoms with Crippen molar-refractivity contribution in [3.8, 4) is 5.75 Å². The number of methoxy groups -OCH3 is 1. The second kappa shape index (κ2) is 12.4. The van der Waals surface area contributed by atoms with Crippen molar-refractivity contribution in [3.63, 3.8) is 0 Å². The molecule has 0 spiro atoms. The van der Waals surface area contributed by atoms with E-state index in [9.17, 15) is 4.79 Å². The van der Waals surface area contributed by atoms with E-state index in [1.165, 1.54) is 17.7 Å². The second-order valence-corrected chi connectivity index (χ2v) is 12.4. The van der Waals surface area contributed by atoms with Crippen molar-refractivity contribution >= 4 is 61.2 Å². The Balaban J connectivity index is 1.13. The molecule has 6 aromatic rings. The van der Waals surface area contributed by atoms with E-state index in [4.69, 9.17) is 9.84 Å². The predicted octanol–water partition coefficient (Wildman–Crippen LogP) is 5.86. The normalized spacial score (nSPS) is 13.8. The maximum atomic E-state index is 13.7. The number of hydrogen-bond donors (Lipinski definition) is 2. The molecule has 0 bridgehead atoms. The molecule has 0 aliphatic carbocycles. The zero-order valence-corrected chi connectivity index (χ0v) is 27.1. The molecular formula is C34H35N9O2S. The summed E-state index contributed by atoms with van der Waals surface area (Å²) in [6.45, 7) is 8.47. The van der Waals surface area contributed by atoms with Crippen LogP contribution in [-0.4, -0.2) is 75.9 Å². The number of fused-ring (bicyclic) bond motifs is 2. The van der Waals surface area contributed by atoms with Gasteiger partial charge in [0.15, 0.2) is 5.82 Å². The Kier molecular flexibility index (Phi) is 7.97. The van der Waals surface area contributed by atoms with Crippen LogP contribution in [0.15, 0.2) is 66.3 Å². The van der Waals surface area contributed by atoms with Gasteiger partial charge in [-0.15, -0.1) is 11.3 Å². The smallest absolute Gasteiger partial charge is 0.258 e. The standard InChI is InChI=1S/C34H35N9O2S/c1-21-7-5-8-23(37-21)18-43-28-10-6-9-27(30(28)22(2)40-43)39-34(44)25-19-46-32-31(25)35-20-36-33(32)38-26-12-11-24(17-29(26)45-4)42-15-13-41(3)14-16-42/h5-12,17,19-20H,13-16,18H2,1-4H3,(H,39,44)(H,35,36,38). The lowest BCUT2D eigenvalue weighted by Gasteiger charge is -2.34. The molecule has 0 radical (unpaired) electrons. The molecule has 1 aliphatic rings. The van der Waals surface area contributed by atoms with Crippen molar-refractivity contribution < 1.29 is 9.53 Å². The van der Waals surface area contributed by atoms with E-state index >= 15 is 0 Å². The highest BCUT2D eigenvalue weighted by Gasteiger charge is 2.21. The highest BCUT2D eigenvalue weighted by molar-refractivity contribution is 7.18. The first-order chi connectivity index (χ1) is 22.4. The minimum atomic E-state index is -0.245. The summed E-state index contributed by atoms with van der Waals surface area (Å²) in [7, 11) is 3.82. The molecule has 7 rings (SSSR count). The Morgan fingerprint density at radius 1 is 1.00 bits per heavy atom. The first-order valence-electron chi connectivity index (χ1n) is 15.2. The van der Waals surface area contributed by atoms with Gasteiger partial charge < -0.3 is 25.2 Å². The highest BCUT2D eigenvalue weighted by Crippen LogP contribution is 2.36. The minimum absolute atomic E-state index is 0.245.